The number of H-pyrrole nitrogens is 1. The summed E-state index contributed by atoms with van der Waals surface area (Å²) in [4.78, 5) is 13.5. The molecule has 0 aliphatic carbocycles. The van der Waals surface area contributed by atoms with Gasteiger partial charge in [0.1, 0.15) is 0 Å². The number of nitrogens with one attached hydrogen (secondary N) is 2. The van der Waals surface area contributed by atoms with E-state index in [9.17, 15) is 9.90 Å². The Morgan fingerprint density at radius 1 is 1.64 bits per heavy atom. The van der Waals surface area contributed by atoms with Crippen LogP contribution in [0.15, 0.2) is 4.79 Å². The van der Waals surface area contributed by atoms with Gasteiger partial charge in [0.15, 0.2) is 5.06 Å². The molecular formula is C8H13N3O2S. The van der Waals surface area contributed by atoms with E-state index in [-0.39, 0.29) is 16.7 Å². The molecule has 14 heavy (non-hydrogen) atoms. The molecule has 1 aromatic heterocycles. The lowest BCUT2D eigenvalue weighted by atomic mass is 10.1. The standard InChI is InChI=1S/C8H13N3O2S/c1-11-3-2-9-5(4-11)6-7(12)10-14-8(6)13/h5,9,13H,2-4H2,1H3,(H,10,12). The SMILES string of the molecule is CN1CCNC(c2c(O)s[nH]c2=O)C1. The molecule has 1 unspecified atom stereocenters. The molecule has 0 radical (unpaired) electrons. The Labute approximate surface area is 85.5 Å². The first-order chi connectivity index (χ1) is 6.68. The average Bonchev–Trinajstić information content (AvgIpc) is 2.46. The summed E-state index contributed by atoms with van der Waals surface area (Å²) in [6, 6.07) is -0.0521. The maximum absolute atomic E-state index is 11.4. The summed E-state index contributed by atoms with van der Waals surface area (Å²) in [5, 5.41) is 12.8. The summed E-state index contributed by atoms with van der Waals surface area (Å²) in [5.41, 5.74) is 0.293. The van der Waals surface area contributed by atoms with E-state index in [1.165, 1.54) is 0 Å². The Morgan fingerprint density at radius 2 is 2.43 bits per heavy atom. The molecule has 1 aliphatic rings. The fourth-order valence-electron chi connectivity index (χ4n) is 1.70. The third-order valence-electron chi connectivity index (χ3n) is 2.44. The van der Waals surface area contributed by atoms with Crippen LogP contribution in [0.3, 0.4) is 0 Å². The van der Waals surface area contributed by atoms with Crippen LogP contribution in [0.5, 0.6) is 5.06 Å². The van der Waals surface area contributed by atoms with Gasteiger partial charge >= 0.3 is 0 Å². The number of aromatic amines is 1. The Bertz CT molecular complexity index is 373. The molecule has 1 fully saturated rings. The third kappa shape index (κ3) is 1.68. The molecular weight excluding hydrogens is 202 g/mol. The molecule has 5 nitrogen and oxygen atoms in total. The predicted molar refractivity (Wildman–Crippen MR) is 54.8 cm³/mol. The number of rotatable bonds is 1. The smallest absolute Gasteiger partial charge is 0.266 e. The second kappa shape index (κ2) is 3.72. The zero-order valence-electron chi connectivity index (χ0n) is 7.91. The molecule has 0 amide bonds. The number of nitrogens with zero attached hydrogens (tertiary/aromatic N) is 1. The predicted octanol–water partition coefficient (Wildman–Crippen LogP) is -0.282. The summed E-state index contributed by atoms with van der Waals surface area (Å²) in [7, 11) is 2.01. The first-order valence-electron chi connectivity index (χ1n) is 4.50. The molecule has 1 aromatic rings. The molecule has 2 heterocycles. The Hall–Kier alpha value is -0.850. The van der Waals surface area contributed by atoms with E-state index in [1.54, 1.807) is 0 Å². The number of aromatic nitrogens is 1. The van der Waals surface area contributed by atoms with Gasteiger partial charge in [-0.25, -0.2) is 0 Å². The van der Waals surface area contributed by atoms with Crippen molar-refractivity contribution in [2.45, 2.75) is 6.04 Å². The normalized spacial score (nSPS) is 23.9. The van der Waals surface area contributed by atoms with E-state index >= 15 is 0 Å². The van der Waals surface area contributed by atoms with Gasteiger partial charge < -0.3 is 15.3 Å². The molecule has 78 valence electrons. The highest BCUT2D eigenvalue weighted by Gasteiger charge is 2.24. The highest BCUT2D eigenvalue weighted by atomic mass is 32.1. The number of hydrogen-bond donors (Lipinski definition) is 3. The Kier molecular flexibility index (Phi) is 2.58. The molecule has 0 bridgehead atoms. The highest BCUT2D eigenvalue weighted by Crippen LogP contribution is 2.25. The van der Waals surface area contributed by atoms with Crippen molar-refractivity contribution in [2.75, 3.05) is 26.7 Å². The van der Waals surface area contributed by atoms with Gasteiger partial charge in [-0.1, -0.05) is 0 Å². The van der Waals surface area contributed by atoms with Crippen LogP contribution in [0.25, 0.3) is 0 Å². The van der Waals surface area contributed by atoms with Crippen LogP contribution in [-0.4, -0.2) is 41.1 Å². The first-order valence-corrected chi connectivity index (χ1v) is 5.32. The third-order valence-corrected chi connectivity index (χ3v) is 3.14. The van der Waals surface area contributed by atoms with Crippen LogP contribution in [0.4, 0.5) is 0 Å². The molecule has 0 saturated carbocycles. The topological polar surface area (TPSA) is 68.4 Å². The van der Waals surface area contributed by atoms with Crippen LogP contribution in [0.2, 0.25) is 0 Å². The van der Waals surface area contributed by atoms with Gasteiger partial charge in [0.25, 0.3) is 5.56 Å². The van der Waals surface area contributed by atoms with Crippen molar-refractivity contribution >= 4 is 11.5 Å². The Morgan fingerprint density at radius 3 is 3.00 bits per heavy atom. The summed E-state index contributed by atoms with van der Waals surface area (Å²) in [5.74, 6) is 0. The summed E-state index contributed by atoms with van der Waals surface area (Å²) in [6.45, 7) is 2.57. The van der Waals surface area contributed by atoms with Gasteiger partial charge in [-0.3, -0.25) is 9.17 Å². The van der Waals surface area contributed by atoms with Gasteiger partial charge in [0.2, 0.25) is 0 Å². The van der Waals surface area contributed by atoms with Crippen molar-refractivity contribution in [1.82, 2.24) is 14.6 Å². The minimum absolute atomic E-state index is 0.0521. The molecule has 0 aromatic carbocycles. The van der Waals surface area contributed by atoms with E-state index in [2.05, 4.69) is 14.6 Å². The van der Waals surface area contributed by atoms with Gasteiger partial charge in [0, 0.05) is 19.6 Å². The number of piperazine rings is 1. The van der Waals surface area contributed by atoms with Gasteiger partial charge in [0.05, 0.1) is 11.6 Å². The summed E-state index contributed by atoms with van der Waals surface area (Å²) < 4.78 is 2.53. The maximum Gasteiger partial charge on any atom is 0.266 e. The van der Waals surface area contributed by atoms with Crippen molar-refractivity contribution in [3.63, 3.8) is 0 Å². The van der Waals surface area contributed by atoms with Crippen molar-refractivity contribution < 1.29 is 5.11 Å². The average molecular weight is 215 g/mol. The zero-order chi connectivity index (χ0) is 10.1. The number of likely N-dealkylation sites (N-methyl/N-ethyl adjacent to an activating group) is 1. The monoisotopic (exact) mass is 215 g/mol. The van der Waals surface area contributed by atoms with Crippen LogP contribution in [0.1, 0.15) is 11.6 Å². The van der Waals surface area contributed by atoms with Gasteiger partial charge in [-0.05, 0) is 18.6 Å². The number of hydrogen-bond acceptors (Lipinski definition) is 5. The van der Waals surface area contributed by atoms with Crippen molar-refractivity contribution in [3.05, 3.63) is 15.9 Å². The van der Waals surface area contributed by atoms with Gasteiger partial charge in [-0.2, -0.15) is 0 Å². The largest absolute Gasteiger partial charge is 0.498 e. The van der Waals surface area contributed by atoms with Crippen LogP contribution in [-0.2, 0) is 0 Å². The van der Waals surface area contributed by atoms with E-state index in [0.717, 1.165) is 31.2 Å². The minimum atomic E-state index is -0.180. The second-order valence-corrected chi connectivity index (χ2v) is 4.32. The maximum atomic E-state index is 11.4. The highest BCUT2D eigenvalue weighted by molar-refractivity contribution is 7.07. The number of aromatic hydroxyl groups is 1. The van der Waals surface area contributed by atoms with Crippen LogP contribution < -0.4 is 10.9 Å². The first kappa shape index (κ1) is 9.70. The lowest BCUT2D eigenvalue weighted by molar-refractivity contribution is 0.238. The molecule has 3 N–H and O–H groups in total. The zero-order valence-corrected chi connectivity index (χ0v) is 8.73. The van der Waals surface area contributed by atoms with Crippen LogP contribution in [0, 0.1) is 0 Å². The molecule has 1 saturated heterocycles. The minimum Gasteiger partial charge on any atom is -0.498 e. The van der Waals surface area contributed by atoms with E-state index < -0.39 is 0 Å². The van der Waals surface area contributed by atoms with E-state index in [4.69, 9.17) is 0 Å². The lowest BCUT2D eigenvalue weighted by Gasteiger charge is -2.29. The molecule has 2 rings (SSSR count). The van der Waals surface area contributed by atoms with E-state index in [1.807, 2.05) is 7.05 Å². The second-order valence-electron chi connectivity index (χ2n) is 3.52. The fraction of sp³-hybridized carbons (Fsp3) is 0.625. The molecule has 6 heteroatoms. The van der Waals surface area contributed by atoms with Crippen molar-refractivity contribution in [3.8, 4) is 5.06 Å². The molecule has 1 aliphatic heterocycles. The van der Waals surface area contributed by atoms with Gasteiger partial charge in [-0.15, -0.1) is 0 Å². The lowest BCUT2D eigenvalue weighted by Crippen LogP contribution is -2.44. The molecule has 0 spiro atoms. The Balaban J connectivity index is 2.26. The fourth-order valence-corrected chi connectivity index (χ4v) is 2.34. The van der Waals surface area contributed by atoms with Crippen molar-refractivity contribution in [1.29, 1.82) is 0 Å². The van der Waals surface area contributed by atoms with Crippen molar-refractivity contribution in [2.24, 2.45) is 0 Å². The quantitative estimate of drug-likeness (QED) is 0.602. The van der Waals surface area contributed by atoms with E-state index in [0.29, 0.717) is 5.56 Å². The summed E-state index contributed by atoms with van der Waals surface area (Å²) >= 11 is 0.985. The van der Waals surface area contributed by atoms with Crippen LogP contribution >= 0.6 is 11.5 Å². The molecule has 1 atom stereocenters. The summed E-state index contributed by atoms with van der Waals surface area (Å²) in [6.07, 6.45) is 0.